The zero-order valence-corrected chi connectivity index (χ0v) is 10.7. The molecule has 1 heterocycles. The highest BCUT2D eigenvalue weighted by Crippen LogP contribution is 2.15. The van der Waals surface area contributed by atoms with Gasteiger partial charge in [-0.15, -0.1) is 0 Å². The molecule has 18 heavy (non-hydrogen) atoms. The number of carbonyl (C=O) groups is 1. The molecule has 0 unspecified atom stereocenters. The average molecular weight is 244 g/mol. The number of hydrogen-bond donors (Lipinski definition) is 0. The molecule has 0 atom stereocenters. The van der Waals surface area contributed by atoms with Crippen molar-refractivity contribution in [2.24, 2.45) is 0 Å². The molecule has 5 nitrogen and oxygen atoms in total. The van der Waals surface area contributed by atoms with Gasteiger partial charge in [-0.1, -0.05) is 12.1 Å². The van der Waals surface area contributed by atoms with E-state index in [0.29, 0.717) is 11.3 Å². The number of benzene rings is 1. The largest absolute Gasteiger partial charge is 0.339 e. The van der Waals surface area contributed by atoms with Gasteiger partial charge in [-0.05, 0) is 26.0 Å². The minimum atomic E-state index is -0.0297. The zero-order valence-electron chi connectivity index (χ0n) is 10.7. The van der Waals surface area contributed by atoms with Gasteiger partial charge in [0.2, 0.25) is 0 Å². The summed E-state index contributed by atoms with van der Waals surface area (Å²) < 4.78 is 0. The topological polar surface area (TPSA) is 51.0 Å². The van der Waals surface area contributed by atoms with Crippen LogP contribution in [0.1, 0.15) is 24.2 Å². The van der Waals surface area contributed by atoms with Crippen LogP contribution < -0.4 is 0 Å². The van der Waals surface area contributed by atoms with Crippen molar-refractivity contribution in [1.82, 2.24) is 19.9 Å². The molecule has 0 spiro atoms. The van der Waals surface area contributed by atoms with Crippen molar-refractivity contribution in [2.75, 3.05) is 7.05 Å². The van der Waals surface area contributed by atoms with Crippen LogP contribution in [0.3, 0.4) is 0 Å². The van der Waals surface area contributed by atoms with Gasteiger partial charge in [0.1, 0.15) is 0 Å². The maximum absolute atomic E-state index is 12.4. The lowest BCUT2D eigenvalue weighted by atomic mass is 10.1. The van der Waals surface area contributed by atoms with E-state index in [0.717, 1.165) is 0 Å². The van der Waals surface area contributed by atoms with Crippen LogP contribution in [0.5, 0.6) is 0 Å². The summed E-state index contributed by atoms with van der Waals surface area (Å²) in [5.74, 6) is -0.0297. The summed E-state index contributed by atoms with van der Waals surface area (Å²) in [6, 6.07) is 7.48. The Balaban J connectivity index is 2.43. The summed E-state index contributed by atoms with van der Waals surface area (Å²) in [6.45, 7) is 3.96. The first-order valence-corrected chi connectivity index (χ1v) is 5.84. The van der Waals surface area contributed by atoms with E-state index in [9.17, 15) is 4.79 Å². The summed E-state index contributed by atoms with van der Waals surface area (Å²) in [5.41, 5.74) is 1.30. The van der Waals surface area contributed by atoms with Gasteiger partial charge in [-0.25, -0.2) is 0 Å². The Morgan fingerprint density at radius 2 is 1.83 bits per heavy atom. The van der Waals surface area contributed by atoms with Crippen LogP contribution in [0.4, 0.5) is 0 Å². The van der Waals surface area contributed by atoms with Crippen molar-refractivity contribution < 1.29 is 4.79 Å². The van der Waals surface area contributed by atoms with Crippen LogP contribution in [0.2, 0.25) is 0 Å². The molecule has 0 saturated carbocycles. The lowest BCUT2D eigenvalue weighted by Gasteiger charge is -2.22. The summed E-state index contributed by atoms with van der Waals surface area (Å²) in [7, 11) is 1.79. The fourth-order valence-electron chi connectivity index (χ4n) is 1.59. The summed E-state index contributed by atoms with van der Waals surface area (Å²) in [5, 5.41) is 8.14. The molecule has 1 aromatic carbocycles. The fraction of sp³-hybridized carbons (Fsp3) is 0.308. The first-order chi connectivity index (χ1) is 8.61. The molecule has 0 radical (unpaired) electrons. The van der Waals surface area contributed by atoms with Gasteiger partial charge in [-0.2, -0.15) is 15.0 Å². The molecule has 2 aromatic rings. The van der Waals surface area contributed by atoms with Crippen molar-refractivity contribution in [3.05, 3.63) is 42.2 Å². The standard InChI is InChI=1S/C13H16N4O/c1-10(2)16(3)13(18)11-6-4-5-7-12(11)17-14-8-9-15-17/h4-10H,1-3H3. The van der Waals surface area contributed by atoms with E-state index >= 15 is 0 Å². The van der Waals surface area contributed by atoms with E-state index < -0.39 is 0 Å². The van der Waals surface area contributed by atoms with Gasteiger partial charge < -0.3 is 4.90 Å². The van der Waals surface area contributed by atoms with Crippen molar-refractivity contribution in [1.29, 1.82) is 0 Å². The number of aromatic nitrogens is 3. The van der Waals surface area contributed by atoms with E-state index in [-0.39, 0.29) is 11.9 Å². The van der Waals surface area contributed by atoms with Crippen LogP contribution in [-0.2, 0) is 0 Å². The van der Waals surface area contributed by atoms with Crippen LogP contribution in [0.15, 0.2) is 36.7 Å². The molecule has 5 heteroatoms. The molecule has 0 aliphatic carbocycles. The number of para-hydroxylation sites is 1. The molecular formula is C13H16N4O. The smallest absolute Gasteiger partial charge is 0.256 e. The second-order valence-electron chi connectivity index (χ2n) is 4.35. The normalized spacial score (nSPS) is 10.7. The third-order valence-corrected chi connectivity index (χ3v) is 2.86. The van der Waals surface area contributed by atoms with Gasteiger partial charge in [-0.3, -0.25) is 4.79 Å². The van der Waals surface area contributed by atoms with E-state index in [1.54, 1.807) is 30.4 Å². The number of rotatable bonds is 3. The molecule has 0 aliphatic rings. The van der Waals surface area contributed by atoms with Crippen molar-refractivity contribution in [3.63, 3.8) is 0 Å². The maximum atomic E-state index is 12.4. The minimum Gasteiger partial charge on any atom is -0.339 e. The SMILES string of the molecule is CC(C)N(C)C(=O)c1ccccc1-n1nccn1. The Bertz CT molecular complexity index is 534. The lowest BCUT2D eigenvalue weighted by Crippen LogP contribution is -2.33. The summed E-state index contributed by atoms with van der Waals surface area (Å²) in [6.07, 6.45) is 3.18. The Morgan fingerprint density at radius 3 is 2.44 bits per heavy atom. The third-order valence-electron chi connectivity index (χ3n) is 2.86. The third kappa shape index (κ3) is 2.25. The molecule has 1 amide bonds. The predicted octanol–water partition coefficient (Wildman–Crippen LogP) is 1.75. The van der Waals surface area contributed by atoms with Gasteiger partial charge in [0.25, 0.3) is 5.91 Å². The fourth-order valence-corrected chi connectivity index (χ4v) is 1.59. The zero-order chi connectivity index (χ0) is 13.1. The molecule has 0 bridgehead atoms. The Kier molecular flexibility index (Phi) is 3.41. The van der Waals surface area contributed by atoms with Gasteiger partial charge >= 0.3 is 0 Å². The van der Waals surface area contributed by atoms with E-state index in [4.69, 9.17) is 0 Å². The molecule has 0 N–H and O–H groups in total. The van der Waals surface area contributed by atoms with Crippen LogP contribution in [0, 0.1) is 0 Å². The minimum absolute atomic E-state index is 0.0297. The molecular weight excluding hydrogens is 228 g/mol. The molecule has 1 aromatic heterocycles. The molecule has 0 aliphatic heterocycles. The number of carbonyl (C=O) groups excluding carboxylic acids is 1. The second-order valence-corrected chi connectivity index (χ2v) is 4.35. The number of nitrogens with zero attached hydrogens (tertiary/aromatic N) is 4. The first-order valence-electron chi connectivity index (χ1n) is 5.84. The number of hydrogen-bond acceptors (Lipinski definition) is 3. The van der Waals surface area contributed by atoms with Crippen LogP contribution in [-0.4, -0.2) is 38.9 Å². The maximum Gasteiger partial charge on any atom is 0.256 e. The van der Waals surface area contributed by atoms with Crippen LogP contribution in [0.25, 0.3) is 5.69 Å². The van der Waals surface area contributed by atoms with Crippen molar-refractivity contribution in [3.8, 4) is 5.69 Å². The highest BCUT2D eigenvalue weighted by Gasteiger charge is 2.18. The molecule has 0 fully saturated rings. The monoisotopic (exact) mass is 244 g/mol. The Labute approximate surface area is 106 Å². The first kappa shape index (κ1) is 12.3. The highest BCUT2D eigenvalue weighted by molar-refractivity contribution is 5.97. The molecule has 94 valence electrons. The predicted molar refractivity (Wildman–Crippen MR) is 68.6 cm³/mol. The van der Waals surface area contributed by atoms with E-state index in [1.807, 2.05) is 32.0 Å². The van der Waals surface area contributed by atoms with Gasteiger partial charge in [0.15, 0.2) is 0 Å². The van der Waals surface area contributed by atoms with Gasteiger partial charge in [0.05, 0.1) is 23.6 Å². The molecule has 2 rings (SSSR count). The lowest BCUT2D eigenvalue weighted by molar-refractivity contribution is 0.0754. The van der Waals surface area contributed by atoms with Crippen molar-refractivity contribution in [2.45, 2.75) is 19.9 Å². The Hall–Kier alpha value is -2.17. The van der Waals surface area contributed by atoms with E-state index in [1.165, 1.54) is 4.80 Å². The number of amides is 1. The summed E-state index contributed by atoms with van der Waals surface area (Å²) in [4.78, 5) is 15.5. The highest BCUT2D eigenvalue weighted by atomic mass is 16.2. The quantitative estimate of drug-likeness (QED) is 0.826. The molecule has 0 saturated heterocycles. The van der Waals surface area contributed by atoms with Crippen LogP contribution >= 0.6 is 0 Å². The Morgan fingerprint density at radius 1 is 1.22 bits per heavy atom. The van der Waals surface area contributed by atoms with Gasteiger partial charge in [0, 0.05) is 13.1 Å². The summed E-state index contributed by atoms with van der Waals surface area (Å²) >= 11 is 0. The van der Waals surface area contributed by atoms with E-state index in [2.05, 4.69) is 10.2 Å². The van der Waals surface area contributed by atoms with Crippen molar-refractivity contribution >= 4 is 5.91 Å². The second kappa shape index (κ2) is 5.00. The average Bonchev–Trinajstić information content (AvgIpc) is 2.90.